The van der Waals surface area contributed by atoms with Crippen LogP contribution in [0.4, 0.5) is 0 Å². The van der Waals surface area contributed by atoms with Crippen molar-refractivity contribution in [1.29, 1.82) is 0 Å². The first-order valence-corrected chi connectivity index (χ1v) is 8.61. The molecule has 2 fully saturated rings. The molecule has 2 heterocycles. The molecule has 1 saturated carbocycles. The van der Waals surface area contributed by atoms with Gasteiger partial charge in [-0.3, -0.25) is 14.6 Å². The van der Waals surface area contributed by atoms with Gasteiger partial charge in [0.2, 0.25) is 0 Å². The van der Waals surface area contributed by atoms with Crippen molar-refractivity contribution >= 4 is 12.4 Å². The maximum absolute atomic E-state index is 12.6. The van der Waals surface area contributed by atoms with Gasteiger partial charge in [0.15, 0.2) is 0 Å². The van der Waals surface area contributed by atoms with Gasteiger partial charge in [0.1, 0.15) is 5.75 Å². The molecule has 0 aromatic carbocycles. The summed E-state index contributed by atoms with van der Waals surface area (Å²) in [5.41, 5.74) is 0.455. The number of methoxy groups -OCH3 is 1. The molecule has 26 heavy (non-hydrogen) atoms. The Bertz CT molecular complexity index is 625. The van der Waals surface area contributed by atoms with E-state index in [1.807, 2.05) is 4.90 Å². The lowest BCUT2D eigenvalue weighted by atomic mass is 9.77. The lowest BCUT2D eigenvalue weighted by Crippen LogP contribution is -2.47. The molecule has 1 aromatic rings. The van der Waals surface area contributed by atoms with Gasteiger partial charge < -0.3 is 24.7 Å². The molecule has 1 amide bonds. The number of hydrogen-bond donors (Lipinski definition) is 2. The number of carboxylic acid groups (broad SMARTS) is 1. The summed E-state index contributed by atoms with van der Waals surface area (Å²) in [5, 5.41) is 16.4. The van der Waals surface area contributed by atoms with E-state index in [4.69, 9.17) is 14.6 Å². The van der Waals surface area contributed by atoms with Crippen molar-refractivity contribution in [3.05, 3.63) is 24.0 Å². The average molecular weight is 365 g/mol. The maximum Gasteiger partial charge on any atom is 0.290 e. The number of aromatic nitrogens is 1. The molecular formula is C18H27N3O5. The van der Waals surface area contributed by atoms with Crippen LogP contribution < -0.4 is 0 Å². The maximum atomic E-state index is 12.6. The lowest BCUT2D eigenvalue weighted by Gasteiger charge is -2.40. The summed E-state index contributed by atoms with van der Waals surface area (Å²) >= 11 is 0. The average Bonchev–Trinajstić information content (AvgIpc) is 3.03. The number of carbonyl (C=O) groups excluding carboxylic acids is 1. The number of rotatable bonds is 3. The van der Waals surface area contributed by atoms with Gasteiger partial charge in [-0.15, -0.1) is 0 Å². The van der Waals surface area contributed by atoms with Gasteiger partial charge in [-0.1, -0.05) is 0 Å². The third-order valence-corrected chi connectivity index (χ3v) is 5.31. The fourth-order valence-corrected chi connectivity index (χ4v) is 4.08. The molecule has 2 N–H and O–H groups in total. The highest BCUT2D eigenvalue weighted by Gasteiger charge is 2.44. The number of ether oxygens (including phenoxy) is 1. The first kappa shape index (κ1) is 20.1. The van der Waals surface area contributed by atoms with Gasteiger partial charge >= 0.3 is 0 Å². The number of likely N-dealkylation sites (tertiary alicyclic amines) is 1. The van der Waals surface area contributed by atoms with Crippen LogP contribution in [0.2, 0.25) is 0 Å². The molecule has 1 aliphatic heterocycles. The third kappa shape index (κ3) is 4.50. The quantitative estimate of drug-likeness (QED) is 0.768. The Morgan fingerprint density at radius 1 is 1.31 bits per heavy atom. The summed E-state index contributed by atoms with van der Waals surface area (Å²) in [6.07, 6.45) is 5.13. The topological polar surface area (TPSA) is 103 Å². The van der Waals surface area contributed by atoms with Crippen LogP contribution >= 0.6 is 0 Å². The molecule has 1 aliphatic carbocycles. The third-order valence-electron chi connectivity index (χ3n) is 5.31. The van der Waals surface area contributed by atoms with Gasteiger partial charge in [0.25, 0.3) is 12.4 Å². The van der Waals surface area contributed by atoms with E-state index in [0.29, 0.717) is 23.4 Å². The van der Waals surface area contributed by atoms with Crippen LogP contribution in [0.25, 0.3) is 0 Å². The first-order valence-electron chi connectivity index (χ1n) is 8.61. The Morgan fingerprint density at radius 2 is 1.92 bits per heavy atom. The summed E-state index contributed by atoms with van der Waals surface area (Å²) in [7, 11) is 5.96. The number of fused-ring (bicyclic) bond motifs is 1. The highest BCUT2D eigenvalue weighted by atomic mass is 16.5. The van der Waals surface area contributed by atoms with Crippen LogP contribution in [0.15, 0.2) is 18.5 Å². The van der Waals surface area contributed by atoms with Gasteiger partial charge in [-0.05, 0) is 44.8 Å². The summed E-state index contributed by atoms with van der Waals surface area (Å²) in [4.78, 5) is 29.0. The van der Waals surface area contributed by atoms with E-state index in [-0.39, 0.29) is 24.2 Å². The number of pyridine rings is 1. The fourth-order valence-electron chi connectivity index (χ4n) is 4.08. The first-order chi connectivity index (χ1) is 12.4. The van der Waals surface area contributed by atoms with Crippen LogP contribution in [0.1, 0.15) is 23.2 Å². The molecule has 4 atom stereocenters. The Labute approximate surface area is 153 Å². The van der Waals surface area contributed by atoms with Crippen molar-refractivity contribution in [2.75, 3.05) is 34.3 Å². The largest absolute Gasteiger partial charge is 0.506 e. The van der Waals surface area contributed by atoms with Crippen molar-refractivity contribution in [3.8, 4) is 5.75 Å². The van der Waals surface area contributed by atoms with Gasteiger partial charge in [-0.2, -0.15) is 0 Å². The number of nitrogens with zero attached hydrogens (tertiary/aromatic N) is 3. The zero-order valence-corrected chi connectivity index (χ0v) is 15.4. The zero-order chi connectivity index (χ0) is 19.3. The van der Waals surface area contributed by atoms with E-state index in [1.165, 1.54) is 18.5 Å². The van der Waals surface area contributed by atoms with E-state index >= 15 is 0 Å². The van der Waals surface area contributed by atoms with Crippen molar-refractivity contribution in [2.24, 2.45) is 11.8 Å². The monoisotopic (exact) mass is 365 g/mol. The van der Waals surface area contributed by atoms with Crippen LogP contribution in [-0.4, -0.2) is 83.8 Å². The summed E-state index contributed by atoms with van der Waals surface area (Å²) in [6, 6.07) is 1.89. The molecule has 0 unspecified atom stereocenters. The van der Waals surface area contributed by atoms with E-state index in [2.05, 4.69) is 24.0 Å². The second-order valence-corrected chi connectivity index (χ2v) is 7.04. The molecule has 3 rings (SSSR count). The van der Waals surface area contributed by atoms with Crippen molar-refractivity contribution in [1.82, 2.24) is 14.8 Å². The van der Waals surface area contributed by atoms with E-state index < -0.39 is 0 Å². The molecule has 144 valence electrons. The van der Waals surface area contributed by atoms with Crippen LogP contribution in [0.5, 0.6) is 5.75 Å². The van der Waals surface area contributed by atoms with E-state index in [9.17, 15) is 9.90 Å². The van der Waals surface area contributed by atoms with E-state index in [0.717, 1.165) is 25.9 Å². The minimum absolute atomic E-state index is 0.0274. The van der Waals surface area contributed by atoms with Gasteiger partial charge in [-0.25, -0.2) is 0 Å². The number of hydrogen-bond acceptors (Lipinski definition) is 6. The molecule has 8 heteroatoms. The molecule has 1 aromatic heterocycles. The molecule has 1 saturated heterocycles. The number of aromatic hydroxyl groups is 1. The second kappa shape index (κ2) is 8.95. The molecule has 0 spiro atoms. The SMILES string of the molecule is CO[C@@H]1C[C@H]2CN(C(=O)c3cncc(O)c3)C[C@H]2C[C@H]1N(C)C.O=CO. The van der Waals surface area contributed by atoms with Gasteiger partial charge in [0.05, 0.1) is 17.9 Å². The normalized spacial score (nSPS) is 27.5. The molecule has 8 nitrogen and oxygen atoms in total. The lowest BCUT2D eigenvalue weighted by molar-refractivity contribution is -0.122. The van der Waals surface area contributed by atoms with Crippen LogP contribution in [0, 0.1) is 11.8 Å². The molecule has 0 bridgehead atoms. The fraction of sp³-hybridized carbons (Fsp3) is 0.611. The molecular weight excluding hydrogens is 338 g/mol. The molecule has 2 aliphatic rings. The predicted octanol–water partition coefficient (Wildman–Crippen LogP) is 0.915. The number of amides is 1. The summed E-state index contributed by atoms with van der Waals surface area (Å²) < 4.78 is 5.68. The Morgan fingerprint density at radius 3 is 2.46 bits per heavy atom. The van der Waals surface area contributed by atoms with Gasteiger partial charge in [0, 0.05) is 32.4 Å². The minimum Gasteiger partial charge on any atom is -0.506 e. The zero-order valence-electron chi connectivity index (χ0n) is 15.4. The minimum atomic E-state index is -0.250. The second-order valence-electron chi connectivity index (χ2n) is 7.04. The number of carbonyl (C=O) groups is 2. The summed E-state index contributed by atoms with van der Waals surface area (Å²) in [5.74, 6) is 0.992. The number of likely N-dealkylation sites (N-methyl/N-ethyl adjacent to an activating group) is 1. The van der Waals surface area contributed by atoms with Crippen LogP contribution in [-0.2, 0) is 9.53 Å². The summed E-state index contributed by atoms with van der Waals surface area (Å²) in [6.45, 7) is 1.29. The smallest absolute Gasteiger partial charge is 0.290 e. The van der Waals surface area contributed by atoms with Crippen molar-refractivity contribution < 1.29 is 24.5 Å². The standard InChI is InChI=1S/C17H25N3O3.CH2O2/c1-19(2)15-5-12-9-20(10-13(12)6-16(15)23-3)17(22)11-4-14(21)8-18-7-11;2-1-3/h4,7-8,12-13,15-16,21H,5-6,9-10H2,1-3H3;1H,(H,2,3)/t12-,13+,15-,16-;/m1./s1. The van der Waals surface area contributed by atoms with Crippen LogP contribution in [0.3, 0.4) is 0 Å². The van der Waals surface area contributed by atoms with Crippen molar-refractivity contribution in [2.45, 2.75) is 25.0 Å². The Kier molecular flexibility index (Phi) is 6.93. The highest BCUT2D eigenvalue weighted by Crippen LogP contribution is 2.39. The predicted molar refractivity (Wildman–Crippen MR) is 95.0 cm³/mol. The highest BCUT2D eigenvalue weighted by molar-refractivity contribution is 5.94. The Balaban J connectivity index is 0.000000758. The molecule has 0 radical (unpaired) electrons. The Hall–Kier alpha value is -2.19. The van der Waals surface area contributed by atoms with Crippen molar-refractivity contribution in [3.63, 3.8) is 0 Å². The van der Waals surface area contributed by atoms with E-state index in [1.54, 1.807) is 7.11 Å².